The zero-order valence-electron chi connectivity index (χ0n) is 11.8. The fraction of sp³-hybridized carbons (Fsp3) is 0.667. The minimum atomic E-state index is -3.67. The molecular weight excluding hydrogens is 298 g/mol. The van der Waals surface area contributed by atoms with Crippen molar-refractivity contribution in [1.82, 2.24) is 14.1 Å². The molecule has 1 aromatic rings. The summed E-state index contributed by atoms with van der Waals surface area (Å²) in [4.78, 5) is 10.5. The molecule has 0 unspecified atom stereocenters. The van der Waals surface area contributed by atoms with E-state index in [2.05, 4.69) is 5.10 Å². The molecule has 0 aliphatic carbocycles. The van der Waals surface area contributed by atoms with Crippen LogP contribution in [0.15, 0.2) is 17.3 Å². The third-order valence-corrected chi connectivity index (χ3v) is 5.20. The van der Waals surface area contributed by atoms with E-state index in [4.69, 9.17) is 5.11 Å². The highest BCUT2D eigenvalue weighted by molar-refractivity contribution is 7.89. The lowest BCUT2D eigenvalue weighted by atomic mass is 9.92. The maximum Gasteiger partial charge on any atom is 0.305 e. The molecule has 0 saturated carbocycles. The molecule has 1 saturated heterocycles. The summed E-state index contributed by atoms with van der Waals surface area (Å²) < 4.78 is 27.1. The first kappa shape index (κ1) is 15.9. The van der Waals surface area contributed by atoms with E-state index in [1.165, 1.54) is 21.4 Å². The Morgan fingerprint density at radius 2 is 2.14 bits per heavy atom. The summed E-state index contributed by atoms with van der Waals surface area (Å²) in [6, 6.07) is 0. The molecule has 1 aliphatic heterocycles. The fourth-order valence-corrected chi connectivity index (χ4v) is 3.92. The SMILES string of the molecule is CCCC1(O)CN(S(=O)(=O)c2cnn(CCC(=O)O)c2)C1. The largest absolute Gasteiger partial charge is 0.481 e. The molecule has 2 N–H and O–H groups in total. The average Bonchev–Trinajstić information content (AvgIpc) is 2.83. The van der Waals surface area contributed by atoms with Crippen LogP contribution in [0.2, 0.25) is 0 Å². The highest BCUT2D eigenvalue weighted by atomic mass is 32.2. The summed E-state index contributed by atoms with van der Waals surface area (Å²) in [5.74, 6) is -0.970. The second kappa shape index (κ2) is 5.74. The number of carboxylic acids is 1. The fourth-order valence-electron chi connectivity index (χ4n) is 2.36. The minimum absolute atomic E-state index is 0.0198. The van der Waals surface area contributed by atoms with Gasteiger partial charge in [0.2, 0.25) is 10.0 Å². The Morgan fingerprint density at radius 1 is 1.48 bits per heavy atom. The van der Waals surface area contributed by atoms with Crippen LogP contribution < -0.4 is 0 Å². The van der Waals surface area contributed by atoms with Gasteiger partial charge in [-0.25, -0.2) is 8.42 Å². The van der Waals surface area contributed by atoms with Gasteiger partial charge in [-0.2, -0.15) is 9.40 Å². The van der Waals surface area contributed by atoms with E-state index < -0.39 is 21.6 Å². The molecular formula is C12H19N3O5S. The van der Waals surface area contributed by atoms with E-state index >= 15 is 0 Å². The summed E-state index contributed by atoms with van der Waals surface area (Å²) >= 11 is 0. The lowest BCUT2D eigenvalue weighted by Crippen LogP contribution is -2.63. The van der Waals surface area contributed by atoms with Crippen LogP contribution in [0.3, 0.4) is 0 Å². The minimum Gasteiger partial charge on any atom is -0.481 e. The van der Waals surface area contributed by atoms with E-state index in [-0.39, 0.29) is 31.0 Å². The standard InChI is InChI=1S/C12H19N3O5S/c1-2-4-12(18)8-15(9-12)21(19,20)10-6-13-14(7-10)5-3-11(16)17/h6-7,18H,2-5,8-9H2,1H3,(H,16,17). The number of β-amino-alcohol motifs (C(OH)–C–C–N with tert-alkyl or cyclic N) is 1. The molecule has 8 nitrogen and oxygen atoms in total. The van der Waals surface area contributed by atoms with E-state index in [1.807, 2.05) is 6.92 Å². The van der Waals surface area contributed by atoms with Crippen molar-refractivity contribution in [2.45, 2.75) is 43.2 Å². The Balaban J connectivity index is 2.03. The molecule has 2 heterocycles. The Bertz CT molecular complexity index is 619. The van der Waals surface area contributed by atoms with Crippen LogP contribution in [-0.4, -0.2) is 57.4 Å². The van der Waals surface area contributed by atoms with Crippen LogP contribution in [0.5, 0.6) is 0 Å². The number of nitrogens with zero attached hydrogens (tertiary/aromatic N) is 3. The number of sulfonamides is 1. The first-order chi connectivity index (χ1) is 9.77. The third kappa shape index (κ3) is 3.42. The quantitative estimate of drug-likeness (QED) is 0.726. The van der Waals surface area contributed by atoms with Crippen molar-refractivity contribution < 1.29 is 23.4 Å². The van der Waals surface area contributed by atoms with Crippen LogP contribution in [-0.2, 0) is 21.4 Å². The second-order valence-corrected chi connectivity index (χ2v) is 7.27. The van der Waals surface area contributed by atoms with Crippen LogP contribution in [0, 0.1) is 0 Å². The highest BCUT2D eigenvalue weighted by Gasteiger charge is 2.46. The van der Waals surface area contributed by atoms with Crippen LogP contribution in [0.4, 0.5) is 0 Å². The molecule has 1 aromatic heterocycles. The van der Waals surface area contributed by atoms with Crippen molar-refractivity contribution >= 4 is 16.0 Å². The molecule has 0 atom stereocenters. The van der Waals surface area contributed by atoms with Gasteiger partial charge in [0.25, 0.3) is 0 Å². The molecule has 0 amide bonds. The Hall–Kier alpha value is -1.45. The number of aromatic nitrogens is 2. The maximum atomic E-state index is 12.3. The summed E-state index contributed by atoms with van der Waals surface area (Å²) in [5.41, 5.74) is -0.929. The Morgan fingerprint density at radius 3 is 2.71 bits per heavy atom. The molecule has 0 spiro atoms. The zero-order valence-corrected chi connectivity index (χ0v) is 12.6. The lowest BCUT2D eigenvalue weighted by molar-refractivity contribution is -0.137. The van der Waals surface area contributed by atoms with Crippen molar-refractivity contribution in [3.63, 3.8) is 0 Å². The lowest BCUT2D eigenvalue weighted by Gasteiger charge is -2.45. The summed E-state index contributed by atoms with van der Waals surface area (Å²) in [6.07, 6.45) is 3.75. The number of hydrogen-bond acceptors (Lipinski definition) is 5. The van der Waals surface area contributed by atoms with Gasteiger partial charge in [0.1, 0.15) is 4.90 Å². The molecule has 0 aromatic carbocycles. The van der Waals surface area contributed by atoms with E-state index in [1.54, 1.807) is 0 Å². The topological polar surface area (TPSA) is 113 Å². The van der Waals surface area contributed by atoms with E-state index in [0.29, 0.717) is 6.42 Å². The predicted molar refractivity (Wildman–Crippen MR) is 73.1 cm³/mol. The summed E-state index contributed by atoms with van der Waals surface area (Å²) in [7, 11) is -3.67. The average molecular weight is 317 g/mol. The monoisotopic (exact) mass is 317 g/mol. The molecule has 2 rings (SSSR count). The summed E-state index contributed by atoms with van der Waals surface area (Å²) in [6.45, 7) is 2.22. The number of hydrogen-bond donors (Lipinski definition) is 2. The number of carboxylic acid groups (broad SMARTS) is 1. The third-order valence-electron chi connectivity index (χ3n) is 3.46. The zero-order chi connectivity index (χ0) is 15.7. The first-order valence-corrected chi connectivity index (χ1v) is 8.18. The van der Waals surface area contributed by atoms with Gasteiger partial charge in [-0.15, -0.1) is 0 Å². The molecule has 21 heavy (non-hydrogen) atoms. The number of aryl methyl sites for hydroxylation is 1. The molecule has 1 aliphatic rings. The Kier molecular flexibility index (Phi) is 4.35. The molecule has 0 radical (unpaired) electrons. The van der Waals surface area contributed by atoms with Crippen LogP contribution >= 0.6 is 0 Å². The van der Waals surface area contributed by atoms with Gasteiger partial charge >= 0.3 is 5.97 Å². The van der Waals surface area contributed by atoms with Gasteiger partial charge in [-0.05, 0) is 6.42 Å². The number of carbonyl (C=O) groups is 1. The van der Waals surface area contributed by atoms with Crippen molar-refractivity contribution in [2.75, 3.05) is 13.1 Å². The second-order valence-electron chi connectivity index (χ2n) is 5.33. The Labute approximate surface area is 123 Å². The van der Waals surface area contributed by atoms with Crippen LogP contribution in [0.1, 0.15) is 26.2 Å². The van der Waals surface area contributed by atoms with E-state index in [9.17, 15) is 18.3 Å². The van der Waals surface area contributed by atoms with Gasteiger partial charge in [-0.3, -0.25) is 9.48 Å². The van der Waals surface area contributed by atoms with Crippen LogP contribution in [0.25, 0.3) is 0 Å². The smallest absolute Gasteiger partial charge is 0.305 e. The van der Waals surface area contributed by atoms with Gasteiger partial charge in [0.15, 0.2) is 0 Å². The van der Waals surface area contributed by atoms with Crippen molar-refractivity contribution in [3.8, 4) is 0 Å². The van der Waals surface area contributed by atoms with Crippen molar-refractivity contribution in [1.29, 1.82) is 0 Å². The molecule has 118 valence electrons. The molecule has 1 fully saturated rings. The highest BCUT2D eigenvalue weighted by Crippen LogP contribution is 2.31. The maximum absolute atomic E-state index is 12.3. The molecule has 9 heteroatoms. The number of aliphatic hydroxyl groups is 1. The summed E-state index contributed by atoms with van der Waals surface area (Å²) in [5, 5.41) is 22.5. The van der Waals surface area contributed by atoms with Gasteiger partial charge in [-0.1, -0.05) is 13.3 Å². The van der Waals surface area contributed by atoms with Gasteiger partial charge in [0, 0.05) is 19.3 Å². The van der Waals surface area contributed by atoms with Crippen molar-refractivity contribution in [3.05, 3.63) is 12.4 Å². The van der Waals surface area contributed by atoms with Gasteiger partial charge < -0.3 is 10.2 Å². The first-order valence-electron chi connectivity index (χ1n) is 6.74. The normalized spacial score (nSPS) is 18.4. The predicted octanol–water partition coefficient (Wildman–Crippen LogP) is -0.107. The number of rotatable bonds is 7. The molecule has 0 bridgehead atoms. The van der Waals surface area contributed by atoms with Crippen molar-refractivity contribution in [2.24, 2.45) is 0 Å². The van der Waals surface area contributed by atoms with E-state index in [0.717, 1.165) is 6.42 Å². The number of aliphatic carboxylic acids is 1. The van der Waals surface area contributed by atoms with Gasteiger partial charge in [0.05, 0.1) is 24.8 Å².